The second-order valence-corrected chi connectivity index (χ2v) is 4.64. The molecule has 2 rings (SSSR count). The van der Waals surface area contributed by atoms with E-state index in [2.05, 4.69) is 5.32 Å². The molecule has 0 aromatic heterocycles. The van der Waals surface area contributed by atoms with Crippen LogP contribution < -0.4 is 5.32 Å². The molecule has 5 nitrogen and oxygen atoms in total. The predicted octanol–water partition coefficient (Wildman–Crippen LogP) is 2.77. The maximum atomic E-state index is 12.4. The molecule has 0 unspecified atom stereocenters. The first-order valence-corrected chi connectivity index (χ1v) is 6.80. The fourth-order valence-electron chi connectivity index (χ4n) is 2.13. The molecule has 0 atom stereocenters. The van der Waals surface area contributed by atoms with Gasteiger partial charge in [0.25, 0.3) is 11.7 Å². The van der Waals surface area contributed by atoms with Crippen LogP contribution in [0.3, 0.4) is 0 Å². The van der Waals surface area contributed by atoms with Gasteiger partial charge in [-0.2, -0.15) is 0 Å². The molecule has 1 amide bonds. The highest BCUT2D eigenvalue weighted by Crippen LogP contribution is 2.18. The lowest BCUT2D eigenvalue weighted by atomic mass is 10.0. The van der Waals surface area contributed by atoms with Crippen LogP contribution in [0.5, 0.6) is 0 Å². The molecule has 0 bridgehead atoms. The van der Waals surface area contributed by atoms with Crippen molar-refractivity contribution in [1.29, 1.82) is 0 Å². The van der Waals surface area contributed by atoms with E-state index in [4.69, 9.17) is 5.11 Å². The number of anilines is 1. The van der Waals surface area contributed by atoms with Crippen molar-refractivity contribution in [2.24, 2.45) is 0 Å². The van der Waals surface area contributed by atoms with Gasteiger partial charge >= 0.3 is 5.97 Å². The highest BCUT2D eigenvalue weighted by atomic mass is 16.4. The van der Waals surface area contributed by atoms with Crippen molar-refractivity contribution in [3.8, 4) is 0 Å². The largest absolute Gasteiger partial charge is 0.475 e. The second kappa shape index (κ2) is 6.67. The van der Waals surface area contributed by atoms with E-state index < -0.39 is 17.7 Å². The first-order chi connectivity index (χ1) is 10.5. The van der Waals surface area contributed by atoms with Gasteiger partial charge in [0.05, 0.1) is 5.56 Å². The first-order valence-electron chi connectivity index (χ1n) is 6.80. The van der Waals surface area contributed by atoms with Crippen LogP contribution in [0.2, 0.25) is 0 Å². The van der Waals surface area contributed by atoms with Gasteiger partial charge < -0.3 is 10.4 Å². The fraction of sp³-hybridized carbons (Fsp3) is 0.118. The third-order valence-electron chi connectivity index (χ3n) is 3.26. The average molecular weight is 297 g/mol. The van der Waals surface area contributed by atoms with E-state index in [1.165, 1.54) is 18.2 Å². The van der Waals surface area contributed by atoms with Gasteiger partial charge in [-0.1, -0.05) is 37.3 Å². The number of ketones is 1. The van der Waals surface area contributed by atoms with Crippen LogP contribution in [0, 0.1) is 0 Å². The number of carbonyl (C=O) groups is 3. The number of Topliss-reactive ketones (excluding diaryl/α,β-unsaturated/α-hetero) is 1. The molecule has 0 aliphatic carbocycles. The van der Waals surface area contributed by atoms with Crippen molar-refractivity contribution >= 4 is 23.3 Å². The maximum Gasteiger partial charge on any atom is 0.377 e. The van der Waals surface area contributed by atoms with E-state index in [1.807, 2.05) is 19.1 Å². The van der Waals surface area contributed by atoms with Crippen LogP contribution in [0.1, 0.15) is 33.2 Å². The smallest absolute Gasteiger partial charge is 0.377 e. The minimum Gasteiger partial charge on any atom is -0.475 e. The second-order valence-electron chi connectivity index (χ2n) is 4.64. The highest BCUT2D eigenvalue weighted by molar-refractivity contribution is 6.41. The third-order valence-corrected chi connectivity index (χ3v) is 3.26. The van der Waals surface area contributed by atoms with Crippen molar-refractivity contribution in [2.45, 2.75) is 13.3 Å². The lowest BCUT2D eigenvalue weighted by Crippen LogP contribution is -2.20. The van der Waals surface area contributed by atoms with Crippen LogP contribution in [0.15, 0.2) is 48.5 Å². The van der Waals surface area contributed by atoms with Crippen molar-refractivity contribution in [1.82, 2.24) is 0 Å². The van der Waals surface area contributed by atoms with Gasteiger partial charge in [0.2, 0.25) is 0 Å². The molecule has 0 saturated heterocycles. The summed E-state index contributed by atoms with van der Waals surface area (Å²) in [4.78, 5) is 34.9. The van der Waals surface area contributed by atoms with E-state index in [1.54, 1.807) is 18.2 Å². The molecule has 0 spiro atoms. The van der Waals surface area contributed by atoms with Gasteiger partial charge in [-0.25, -0.2) is 4.79 Å². The van der Waals surface area contributed by atoms with E-state index in [9.17, 15) is 14.4 Å². The molecular formula is C17H15NO4. The third kappa shape index (κ3) is 3.20. The van der Waals surface area contributed by atoms with Crippen LogP contribution in [-0.2, 0) is 11.2 Å². The van der Waals surface area contributed by atoms with E-state index in [0.717, 1.165) is 12.0 Å². The maximum absolute atomic E-state index is 12.4. The van der Waals surface area contributed by atoms with Gasteiger partial charge in [0, 0.05) is 11.3 Å². The predicted molar refractivity (Wildman–Crippen MR) is 82.2 cm³/mol. The number of carbonyl (C=O) groups excluding carboxylic acids is 2. The number of hydrogen-bond donors (Lipinski definition) is 2. The number of carboxylic acid groups (broad SMARTS) is 1. The number of aryl methyl sites for hydroxylation is 1. The molecule has 112 valence electrons. The zero-order valence-electron chi connectivity index (χ0n) is 12.0. The highest BCUT2D eigenvalue weighted by Gasteiger charge is 2.21. The summed E-state index contributed by atoms with van der Waals surface area (Å²) in [7, 11) is 0. The zero-order chi connectivity index (χ0) is 16.1. The summed E-state index contributed by atoms with van der Waals surface area (Å²) < 4.78 is 0. The molecule has 0 saturated carbocycles. The summed E-state index contributed by atoms with van der Waals surface area (Å²) in [5.74, 6) is -3.20. The van der Waals surface area contributed by atoms with Crippen molar-refractivity contribution < 1.29 is 19.5 Å². The zero-order valence-corrected chi connectivity index (χ0v) is 12.0. The molecule has 0 aliphatic heterocycles. The van der Waals surface area contributed by atoms with E-state index in [-0.39, 0.29) is 11.1 Å². The monoisotopic (exact) mass is 297 g/mol. The Morgan fingerprint density at radius 2 is 1.55 bits per heavy atom. The van der Waals surface area contributed by atoms with E-state index >= 15 is 0 Å². The van der Waals surface area contributed by atoms with Crippen LogP contribution in [0.4, 0.5) is 5.69 Å². The molecular weight excluding hydrogens is 282 g/mol. The molecule has 0 fully saturated rings. The molecule has 0 aliphatic rings. The molecule has 22 heavy (non-hydrogen) atoms. The van der Waals surface area contributed by atoms with Crippen LogP contribution >= 0.6 is 0 Å². The quantitative estimate of drug-likeness (QED) is 0.656. The van der Waals surface area contributed by atoms with Crippen LogP contribution in [0.25, 0.3) is 0 Å². The summed E-state index contributed by atoms with van der Waals surface area (Å²) in [6.07, 6.45) is 0.742. The Labute approximate surface area is 127 Å². The van der Waals surface area contributed by atoms with E-state index in [0.29, 0.717) is 5.69 Å². The van der Waals surface area contributed by atoms with Gasteiger partial charge in [-0.15, -0.1) is 0 Å². The Hall–Kier alpha value is -2.95. The van der Waals surface area contributed by atoms with Crippen molar-refractivity contribution in [3.05, 3.63) is 65.2 Å². The van der Waals surface area contributed by atoms with Crippen molar-refractivity contribution in [3.63, 3.8) is 0 Å². The Kier molecular flexibility index (Phi) is 4.68. The summed E-state index contributed by atoms with van der Waals surface area (Å²) >= 11 is 0. The van der Waals surface area contributed by atoms with Gasteiger partial charge in [-0.3, -0.25) is 9.59 Å². The Bertz CT molecular complexity index is 737. The Morgan fingerprint density at radius 3 is 2.18 bits per heavy atom. The Balaban J connectivity index is 2.35. The molecule has 0 heterocycles. The number of rotatable bonds is 5. The average Bonchev–Trinajstić information content (AvgIpc) is 2.54. The molecule has 5 heteroatoms. The number of hydrogen-bond acceptors (Lipinski definition) is 3. The lowest BCUT2D eigenvalue weighted by molar-refractivity contribution is -0.131. The standard InChI is InChI=1S/C17H15NO4/c1-2-11-7-3-6-10-14(11)18-16(20)13-9-5-4-8-12(13)15(19)17(21)22/h3-10H,2H2,1H3,(H,18,20)(H,21,22). The van der Waals surface area contributed by atoms with Crippen molar-refractivity contribution in [2.75, 3.05) is 5.32 Å². The lowest BCUT2D eigenvalue weighted by Gasteiger charge is -2.11. The summed E-state index contributed by atoms with van der Waals surface area (Å²) in [6.45, 7) is 1.97. The molecule has 2 aromatic carbocycles. The summed E-state index contributed by atoms with van der Waals surface area (Å²) in [5, 5.41) is 11.6. The van der Waals surface area contributed by atoms with Crippen LogP contribution in [-0.4, -0.2) is 22.8 Å². The number of para-hydroxylation sites is 1. The number of carboxylic acids is 1. The minimum absolute atomic E-state index is 0.0424. The fourth-order valence-corrected chi connectivity index (χ4v) is 2.13. The SMILES string of the molecule is CCc1ccccc1NC(=O)c1ccccc1C(=O)C(=O)O. The number of amides is 1. The first kappa shape index (κ1) is 15.4. The summed E-state index contributed by atoms with van der Waals surface area (Å²) in [5.41, 5.74) is 1.52. The normalized spacial score (nSPS) is 10.0. The number of aliphatic carboxylic acids is 1. The number of nitrogens with one attached hydrogen (secondary N) is 1. The minimum atomic E-state index is -1.59. The number of benzene rings is 2. The molecule has 2 N–H and O–H groups in total. The van der Waals surface area contributed by atoms with Gasteiger partial charge in [0.1, 0.15) is 0 Å². The Morgan fingerprint density at radius 1 is 0.955 bits per heavy atom. The topological polar surface area (TPSA) is 83.5 Å². The summed E-state index contributed by atoms with van der Waals surface area (Å²) in [6, 6.07) is 13.2. The van der Waals surface area contributed by atoms with Gasteiger partial charge in [-0.05, 0) is 30.2 Å². The molecule has 2 aromatic rings. The molecule has 0 radical (unpaired) electrons. The van der Waals surface area contributed by atoms with Gasteiger partial charge in [0.15, 0.2) is 0 Å².